The second kappa shape index (κ2) is 18.5. The van der Waals surface area contributed by atoms with Crippen LogP contribution in [0.15, 0.2) is 65.5 Å². The van der Waals surface area contributed by atoms with E-state index in [-0.39, 0.29) is 48.0 Å². The Morgan fingerprint density at radius 3 is 2.59 bits per heavy atom. The molecule has 13 heteroatoms. The highest BCUT2D eigenvalue weighted by atomic mass is 35.5. The van der Waals surface area contributed by atoms with Crippen LogP contribution < -0.4 is 20.3 Å². The molecule has 0 spiro atoms. The first-order valence-corrected chi connectivity index (χ1v) is 20.9. The van der Waals surface area contributed by atoms with Crippen molar-refractivity contribution < 1.29 is 34.0 Å². The van der Waals surface area contributed by atoms with Crippen LogP contribution in [-0.2, 0) is 32.7 Å². The number of aliphatic hydroxyl groups excluding tert-OH is 1. The molecule has 4 aliphatic rings. The largest absolute Gasteiger partial charge is 0.506 e. The molecule has 310 valence electrons. The van der Waals surface area contributed by atoms with E-state index in [1.54, 1.807) is 36.2 Å². The number of piperidine rings is 3. The number of rotatable bonds is 16. The number of fused-ring (bicyclic) bond motifs is 4. The van der Waals surface area contributed by atoms with Crippen molar-refractivity contribution in [3.63, 3.8) is 0 Å². The van der Waals surface area contributed by atoms with Gasteiger partial charge in [-0.05, 0) is 92.4 Å². The van der Waals surface area contributed by atoms with Gasteiger partial charge in [0.1, 0.15) is 23.4 Å². The summed E-state index contributed by atoms with van der Waals surface area (Å²) in [6, 6.07) is 17.8. The SMILES string of the molecule is COc1cc(OCC(=O)N(C)CCCc2cccc(C3(C(=O)OC4CN5CCC4CC5)CCCCC3)c2)c(Cl)cc1CNC[C@H](O)c1ccc(O)c2[nH]c(=O)ccc12. The summed E-state index contributed by atoms with van der Waals surface area (Å²) < 4.78 is 17.8. The molecule has 1 amide bonds. The third kappa shape index (κ3) is 9.31. The predicted octanol–water partition coefficient (Wildman–Crippen LogP) is 6.03. The average Bonchev–Trinajstić information content (AvgIpc) is 3.24. The molecule has 4 heterocycles. The number of aryl methyl sites for hydroxylation is 1. The Labute approximate surface area is 344 Å². The average molecular weight is 815 g/mol. The highest BCUT2D eigenvalue weighted by Crippen LogP contribution is 2.42. The van der Waals surface area contributed by atoms with Crippen LogP contribution in [0, 0.1) is 5.92 Å². The van der Waals surface area contributed by atoms with E-state index in [0.29, 0.717) is 46.5 Å². The minimum Gasteiger partial charge on any atom is -0.506 e. The first-order valence-electron chi connectivity index (χ1n) is 20.5. The van der Waals surface area contributed by atoms with Gasteiger partial charge in [-0.2, -0.15) is 0 Å². The molecule has 1 unspecified atom stereocenters. The maximum atomic E-state index is 14.0. The van der Waals surface area contributed by atoms with E-state index in [9.17, 15) is 24.6 Å². The number of likely N-dealkylation sites (N-methyl/N-ethyl adjacent to an activating group) is 1. The number of aromatic nitrogens is 1. The van der Waals surface area contributed by atoms with Crippen LogP contribution in [0.3, 0.4) is 0 Å². The number of amides is 1. The molecule has 2 atom stereocenters. The highest BCUT2D eigenvalue weighted by Gasteiger charge is 2.46. The van der Waals surface area contributed by atoms with Crippen molar-refractivity contribution in [1.29, 1.82) is 0 Å². The fourth-order valence-electron chi connectivity index (χ4n) is 9.00. The third-order valence-corrected chi connectivity index (χ3v) is 12.7. The lowest BCUT2D eigenvalue weighted by atomic mass is 9.69. The Balaban J connectivity index is 0.894. The molecule has 3 aliphatic heterocycles. The predicted molar refractivity (Wildman–Crippen MR) is 223 cm³/mol. The number of phenols is 1. The Morgan fingerprint density at radius 2 is 1.84 bits per heavy atom. The van der Waals surface area contributed by atoms with Crippen LogP contribution in [0.4, 0.5) is 0 Å². The van der Waals surface area contributed by atoms with Gasteiger partial charge in [-0.25, -0.2) is 0 Å². The second-order valence-corrected chi connectivity index (χ2v) is 16.6. The van der Waals surface area contributed by atoms with Gasteiger partial charge in [-0.3, -0.25) is 19.3 Å². The van der Waals surface area contributed by atoms with E-state index < -0.39 is 11.5 Å². The van der Waals surface area contributed by atoms with Gasteiger partial charge in [0, 0.05) is 56.3 Å². The lowest BCUT2D eigenvalue weighted by Gasteiger charge is -2.45. The lowest BCUT2D eigenvalue weighted by molar-refractivity contribution is -0.167. The third-order valence-electron chi connectivity index (χ3n) is 12.4. The molecule has 3 saturated heterocycles. The van der Waals surface area contributed by atoms with Crippen molar-refractivity contribution in [1.82, 2.24) is 20.1 Å². The number of carbonyl (C=O) groups excluding carboxylic acids is 2. The van der Waals surface area contributed by atoms with Crippen LogP contribution in [0.25, 0.3) is 10.9 Å². The minimum absolute atomic E-state index is 0.00241. The Hall–Kier alpha value is -4.62. The summed E-state index contributed by atoms with van der Waals surface area (Å²) in [5.74, 6) is 0.977. The maximum Gasteiger partial charge on any atom is 0.316 e. The van der Waals surface area contributed by atoms with Crippen LogP contribution in [0.2, 0.25) is 5.02 Å². The zero-order chi connectivity index (χ0) is 40.8. The van der Waals surface area contributed by atoms with Crippen LogP contribution in [0.5, 0.6) is 17.2 Å². The fourth-order valence-corrected chi connectivity index (χ4v) is 9.24. The molecule has 58 heavy (non-hydrogen) atoms. The number of ether oxygens (including phenoxy) is 3. The topological polar surface area (TPSA) is 154 Å². The van der Waals surface area contributed by atoms with Crippen LogP contribution in [0.1, 0.15) is 79.7 Å². The molecule has 2 bridgehead atoms. The number of aromatic amines is 1. The molecule has 1 aromatic heterocycles. The van der Waals surface area contributed by atoms with Crippen molar-refractivity contribution in [3.8, 4) is 17.2 Å². The smallest absolute Gasteiger partial charge is 0.316 e. The molecule has 0 radical (unpaired) electrons. The highest BCUT2D eigenvalue weighted by molar-refractivity contribution is 6.32. The van der Waals surface area contributed by atoms with Crippen molar-refractivity contribution in [2.45, 2.75) is 82.0 Å². The van der Waals surface area contributed by atoms with Crippen molar-refractivity contribution in [2.24, 2.45) is 5.92 Å². The molecule has 12 nitrogen and oxygen atoms in total. The van der Waals surface area contributed by atoms with Crippen molar-refractivity contribution in [2.75, 3.05) is 53.5 Å². The molecule has 8 rings (SSSR count). The molecule has 4 aromatic rings. The number of phenolic OH excluding ortho intramolecular Hbond substituents is 1. The molecule has 1 aliphatic carbocycles. The summed E-state index contributed by atoms with van der Waals surface area (Å²) in [4.78, 5) is 45.6. The van der Waals surface area contributed by atoms with E-state index in [0.717, 1.165) is 94.1 Å². The fraction of sp³-hybridized carbons (Fsp3) is 0.489. The standard InChI is InChI=1S/C45H55ClN4O8/c1-49(19-7-9-29-8-6-10-32(22-29)45(17-4-3-5-18-45)44(55)58-40-27-50-20-15-30(40)16-21-50)42(54)28-57-39-24-38(56-2)31(23-35(39)46)25-47-26-37(52)33-11-13-36(51)43-34(33)12-14-41(53)48-43/h6,8,10-14,22-24,30,37,40,47,51-52H,3-5,7,9,15-21,25-28H2,1-2H3,(H,48,53)/t37-,40?/m0/s1. The summed E-state index contributed by atoms with van der Waals surface area (Å²) >= 11 is 6.60. The molecular formula is C45H55ClN4O8. The van der Waals surface area contributed by atoms with Gasteiger partial charge in [0.15, 0.2) is 6.61 Å². The van der Waals surface area contributed by atoms with Gasteiger partial charge >= 0.3 is 5.97 Å². The Kier molecular flexibility index (Phi) is 13.3. The number of H-pyrrole nitrogens is 1. The zero-order valence-electron chi connectivity index (χ0n) is 33.4. The summed E-state index contributed by atoms with van der Waals surface area (Å²) in [7, 11) is 3.29. The molecular weight excluding hydrogens is 760 g/mol. The Morgan fingerprint density at radius 1 is 1.05 bits per heavy atom. The number of halogens is 1. The number of nitrogens with one attached hydrogen (secondary N) is 2. The van der Waals surface area contributed by atoms with E-state index in [4.69, 9.17) is 25.8 Å². The maximum absolute atomic E-state index is 14.0. The number of benzene rings is 3. The number of aromatic hydroxyl groups is 1. The van der Waals surface area contributed by atoms with Gasteiger partial charge in [0.05, 0.1) is 29.2 Å². The summed E-state index contributed by atoms with van der Waals surface area (Å²) in [5.41, 5.74) is 2.79. The summed E-state index contributed by atoms with van der Waals surface area (Å²) in [6.45, 7) is 3.89. The number of carbonyl (C=O) groups is 2. The van der Waals surface area contributed by atoms with E-state index in [2.05, 4.69) is 39.5 Å². The molecule has 4 N–H and O–H groups in total. The second-order valence-electron chi connectivity index (χ2n) is 16.2. The quantitative estimate of drug-likeness (QED) is 0.0988. The van der Waals surface area contributed by atoms with Gasteiger partial charge in [0.25, 0.3) is 5.91 Å². The minimum atomic E-state index is -0.935. The van der Waals surface area contributed by atoms with E-state index >= 15 is 0 Å². The number of esters is 1. The molecule has 1 saturated carbocycles. The van der Waals surface area contributed by atoms with Gasteiger partial charge < -0.3 is 39.6 Å². The number of nitrogens with zero attached hydrogens (tertiary/aromatic N) is 2. The summed E-state index contributed by atoms with van der Waals surface area (Å²) in [6.07, 6.45) is 7.61. The number of aliphatic hydroxyl groups is 1. The first-order chi connectivity index (χ1) is 28.0. The normalized spacial score (nSPS) is 20.4. The summed E-state index contributed by atoms with van der Waals surface area (Å²) in [5, 5.41) is 25.2. The molecule has 4 fully saturated rings. The number of pyridine rings is 1. The van der Waals surface area contributed by atoms with E-state index in [1.807, 2.05) is 0 Å². The van der Waals surface area contributed by atoms with Gasteiger partial charge in [-0.1, -0.05) is 61.2 Å². The van der Waals surface area contributed by atoms with E-state index in [1.165, 1.54) is 19.2 Å². The van der Waals surface area contributed by atoms with Crippen LogP contribution >= 0.6 is 11.6 Å². The molecule has 3 aromatic carbocycles. The van der Waals surface area contributed by atoms with Crippen molar-refractivity contribution >= 4 is 34.4 Å². The van der Waals surface area contributed by atoms with Crippen LogP contribution in [-0.4, -0.2) is 96.5 Å². The first kappa shape index (κ1) is 41.5. The van der Waals surface area contributed by atoms with Crippen molar-refractivity contribution in [3.05, 3.63) is 98.3 Å². The zero-order valence-corrected chi connectivity index (χ0v) is 34.2. The Bertz CT molecular complexity index is 2150. The number of hydrogen-bond acceptors (Lipinski definition) is 10. The lowest BCUT2D eigenvalue weighted by Crippen LogP contribution is -2.53. The number of hydrogen-bond donors (Lipinski definition) is 4. The number of methoxy groups -OCH3 is 1. The monoisotopic (exact) mass is 814 g/mol. The van der Waals surface area contributed by atoms with Gasteiger partial charge in [-0.15, -0.1) is 0 Å². The van der Waals surface area contributed by atoms with Gasteiger partial charge in [0.2, 0.25) is 5.56 Å².